The van der Waals surface area contributed by atoms with Gasteiger partial charge in [0, 0.05) is 6.07 Å². The minimum Gasteiger partial charge on any atom is -0.484 e. The average Bonchev–Trinajstić information content (AvgIpc) is 2.44. The molecule has 7 nitrogen and oxygen atoms in total. The van der Waals surface area contributed by atoms with Crippen LogP contribution in [0, 0.1) is 0 Å². The Hall–Kier alpha value is -1.99. The largest absolute Gasteiger partial charge is 0.484 e. The van der Waals surface area contributed by atoms with Gasteiger partial charge >= 0.3 is 5.97 Å². The van der Waals surface area contributed by atoms with Gasteiger partial charge in [-0.2, -0.15) is 0 Å². The number of benzene rings is 1. The first-order valence-electron chi connectivity index (χ1n) is 5.71. The van der Waals surface area contributed by atoms with Crippen molar-refractivity contribution in [1.29, 1.82) is 0 Å². The van der Waals surface area contributed by atoms with Gasteiger partial charge in [-0.25, -0.2) is 0 Å². The van der Waals surface area contributed by atoms with E-state index in [4.69, 9.17) is 33.0 Å². The third-order valence-corrected chi connectivity index (χ3v) is 2.88. The number of amides is 2. The van der Waals surface area contributed by atoms with E-state index in [-0.39, 0.29) is 13.2 Å². The Kier molecular flexibility index (Phi) is 6.77. The molecule has 0 fully saturated rings. The van der Waals surface area contributed by atoms with Crippen LogP contribution in [0.1, 0.15) is 0 Å². The smallest absolute Gasteiger partial charge is 0.322 e. The summed E-state index contributed by atoms with van der Waals surface area (Å²) >= 11 is 11.5. The van der Waals surface area contributed by atoms with Crippen LogP contribution in [0.2, 0.25) is 10.0 Å². The monoisotopic (exact) mass is 334 g/mol. The second-order valence-electron chi connectivity index (χ2n) is 3.81. The zero-order valence-corrected chi connectivity index (χ0v) is 12.2. The van der Waals surface area contributed by atoms with Gasteiger partial charge in [0.05, 0.1) is 16.6 Å². The summed E-state index contributed by atoms with van der Waals surface area (Å²) in [6, 6.07) is 4.52. The zero-order chi connectivity index (χ0) is 15.8. The fourth-order valence-corrected chi connectivity index (χ4v) is 1.47. The summed E-state index contributed by atoms with van der Waals surface area (Å²) in [5.41, 5.74) is 0. The lowest BCUT2D eigenvalue weighted by molar-refractivity contribution is -0.137. The van der Waals surface area contributed by atoms with Crippen molar-refractivity contribution in [3.63, 3.8) is 0 Å². The quantitative estimate of drug-likeness (QED) is 0.680. The Balaban J connectivity index is 2.29. The molecule has 0 heterocycles. The van der Waals surface area contributed by atoms with Crippen molar-refractivity contribution < 1.29 is 24.2 Å². The molecule has 9 heteroatoms. The van der Waals surface area contributed by atoms with E-state index in [1.165, 1.54) is 12.1 Å². The maximum atomic E-state index is 11.4. The van der Waals surface area contributed by atoms with E-state index in [2.05, 4.69) is 10.6 Å². The topological polar surface area (TPSA) is 105 Å². The van der Waals surface area contributed by atoms with E-state index < -0.39 is 24.3 Å². The Morgan fingerprint density at radius 2 is 1.71 bits per heavy atom. The average molecular weight is 335 g/mol. The predicted molar refractivity (Wildman–Crippen MR) is 75.6 cm³/mol. The van der Waals surface area contributed by atoms with Crippen LogP contribution in [0.4, 0.5) is 0 Å². The molecule has 1 rings (SSSR count). The van der Waals surface area contributed by atoms with Crippen LogP contribution < -0.4 is 15.4 Å². The van der Waals surface area contributed by atoms with E-state index in [1.807, 2.05) is 0 Å². The minimum atomic E-state index is -1.17. The normalized spacial score (nSPS) is 9.81. The highest BCUT2D eigenvalue weighted by atomic mass is 35.5. The Morgan fingerprint density at radius 3 is 2.33 bits per heavy atom. The van der Waals surface area contributed by atoms with E-state index >= 15 is 0 Å². The van der Waals surface area contributed by atoms with Crippen LogP contribution in [0.3, 0.4) is 0 Å². The molecule has 1 aromatic carbocycles. The number of ether oxygens (including phenoxy) is 1. The van der Waals surface area contributed by atoms with Gasteiger partial charge in [0.15, 0.2) is 6.61 Å². The number of halogens is 2. The predicted octanol–water partition coefficient (Wildman–Crippen LogP) is 0.689. The highest BCUT2D eigenvalue weighted by Crippen LogP contribution is 2.26. The molecule has 0 unspecified atom stereocenters. The van der Waals surface area contributed by atoms with Gasteiger partial charge in [0.1, 0.15) is 12.3 Å². The molecule has 0 saturated heterocycles. The first-order valence-corrected chi connectivity index (χ1v) is 6.47. The minimum absolute atomic E-state index is 0.294. The van der Waals surface area contributed by atoms with Crippen molar-refractivity contribution in [2.45, 2.75) is 0 Å². The van der Waals surface area contributed by atoms with E-state index in [0.717, 1.165) is 0 Å². The van der Waals surface area contributed by atoms with Crippen molar-refractivity contribution >= 4 is 41.0 Å². The van der Waals surface area contributed by atoms with Crippen molar-refractivity contribution in [2.24, 2.45) is 0 Å². The molecule has 0 saturated carbocycles. The molecule has 1 aromatic rings. The number of carboxylic acid groups (broad SMARTS) is 1. The van der Waals surface area contributed by atoms with Gasteiger partial charge in [-0.05, 0) is 12.1 Å². The summed E-state index contributed by atoms with van der Waals surface area (Å²) in [6.07, 6.45) is 0. The standard InChI is InChI=1S/C12H12Cl2N2O5/c13-8-2-1-7(3-9(8)14)21-6-11(18)15-4-10(17)16-5-12(19)20/h1-3H,4-6H2,(H,15,18)(H,16,17)(H,19,20). The van der Waals surface area contributed by atoms with Crippen LogP contribution in [0.5, 0.6) is 5.75 Å². The lowest BCUT2D eigenvalue weighted by Crippen LogP contribution is -2.40. The first kappa shape index (κ1) is 17.1. The number of carbonyl (C=O) groups is 3. The molecule has 0 bridgehead atoms. The number of aliphatic carboxylic acids is 1. The van der Waals surface area contributed by atoms with Crippen molar-refractivity contribution in [2.75, 3.05) is 19.7 Å². The van der Waals surface area contributed by atoms with E-state index in [0.29, 0.717) is 15.8 Å². The maximum Gasteiger partial charge on any atom is 0.322 e. The Bertz CT molecular complexity index is 550. The molecular formula is C12H12Cl2N2O5. The number of hydrogen-bond donors (Lipinski definition) is 3. The molecule has 21 heavy (non-hydrogen) atoms. The van der Waals surface area contributed by atoms with Crippen molar-refractivity contribution in [1.82, 2.24) is 10.6 Å². The van der Waals surface area contributed by atoms with E-state index in [9.17, 15) is 14.4 Å². The molecule has 114 valence electrons. The zero-order valence-electron chi connectivity index (χ0n) is 10.7. The van der Waals surface area contributed by atoms with Gasteiger partial charge in [0.25, 0.3) is 5.91 Å². The van der Waals surface area contributed by atoms with E-state index in [1.54, 1.807) is 6.07 Å². The molecule has 0 aromatic heterocycles. The van der Waals surface area contributed by atoms with Crippen molar-refractivity contribution in [3.8, 4) is 5.75 Å². The number of nitrogens with one attached hydrogen (secondary N) is 2. The van der Waals surface area contributed by atoms with Gasteiger partial charge in [-0.3, -0.25) is 14.4 Å². The number of carbonyl (C=O) groups excluding carboxylic acids is 2. The number of hydrogen-bond acceptors (Lipinski definition) is 4. The third-order valence-electron chi connectivity index (χ3n) is 2.14. The fraction of sp³-hybridized carbons (Fsp3) is 0.250. The Labute approximate surface area is 130 Å². The molecule has 0 aliphatic rings. The highest BCUT2D eigenvalue weighted by Gasteiger charge is 2.08. The lowest BCUT2D eigenvalue weighted by Gasteiger charge is -2.08. The summed E-state index contributed by atoms with van der Waals surface area (Å²) in [5.74, 6) is -1.96. The van der Waals surface area contributed by atoms with Gasteiger partial charge in [-0.1, -0.05) is 23.2 Å². The summed E-state index contributed by atoms with van der Waals surface area (Å²) < 4.78 is 5.15. The number of rotatable bonds is 7. The maximum absolute atomic E-state index is 11.4. The second-order valence-corrected chi connectivity index (χ2v) is 4.63. The highest BCUT2D eigenvalue weighted by molar-refractivity contribution is 6.42. The lowest BCUT2D eigenvalue weighted by atomic mass is 10.3. The van der Waals surface area contributed by atoms with Crippen LogP contribution in [-0.4, -0.2) is 42.6 Å². The molecule has 3 N–H and O–H groups in total. The SMILES string of the molecule is O=C(O)CNC(=O)CNC(=O)COc1ccc(Cl)c(Cl)c1. The molecule has 0 aliphatic carbocycles. The second kappa shape index (κ2) is 8.33. The van der Waals surface area contributed by atoms with Crippen LogP contribution >= 0.6 is 23.2 Å². The molecule has 0 aliphatic heterocycles. The first-order chi connectivity index (χ1) is 9.88. The summed E-state index contributed by atoms with van der Waals surface area (Å²) in [5, 5.41) is 13.4. The van der Waals surface area contributed by atoms with Crippen LogP contribution in [0.15, 0.2) is 18.2 Å². The molecule has 0 radical (unpaired) electrons. The summed E-state index contributed by atoms with van der Waals surface area (Å²) in [6.45, 7) is -1.16. The number of carboxylic acids is 1. The van der Waals surface area contributed by atoms with Crippen LogP contribution in [-0.2, 0) is 14.4 Å². The molecular weight excluding hydrogens is 323 g/mol. The van der Waals surface area contributed by atoms with Gasteiger partial charge in [-0.15, -0.1) is 0 Å². The third kappa shape index (κ3) is 6.82. The Morgan fingerprint density at radius 1 is 1.05 bits per heavy atom. The molecule has 0 atom stereocenters. The van der Waals surface area contributed by atoms with Gasteiger partial charge < -0.3 is 20.5 Å². The molecule has 0 spiro atoms. The molecule has 2 amide bonds. The van der Waals surface area contributed by atoms with Gasteiger partial charge in [0.2, 0.25) is 5.91 Å². The van der Waals surface area contributed by atoms with Crippen molar-refractivity contribution in [3.05, 3.63) is 28.2 Å². The summed E-state index contributed by atoms with van der Waals surface area (Å²) in [7, 11) is 0. The fourth-order valence-electron chi connectivity index (χ4n) is 1.18. The van der Waals surface area contributed by atoms with Crippen LogP contribution in [0.25, 0.3) is 0 Å². The summed E-state index contributed by atoms with van der Waals surface area (Å²) in [4.78, 5) is 32.8.